The lowest BCUT2D eigenvalue weighted by Crippen LogP contribution is -2.38. The highest BCUT2D eigenvalue weighted by atomic mass is 16.3. The summed E-state index contributed by atoms with van der Waals surface area (Å²) < 4.78 is 0. The van der Waals surface area contributed by atoms with E-state index < -0.39 is 11.7 Å². The Morgan fingerprint density at radius 1 is 0.882 bits per heavy atom. The van der Waals surface area contributed by atoms with Crippen LogP contribution in [-0.2, 0) is 0 Å². The van der Waals surface area contributed by atoms with Gasteiger partial charge in [-0.05, 0) is 19.8 Å². The number of rotatable bonds is 11. The molecule has 0 aliphatic heterocycles. The van der Waals surface area contributed by atoms with Crippen molar-refractivity contribution < 1.29 is 10.2 Å². The molecule has 17 heavy (non-hydrogen) atoms. The molecule has 0 aliphatic rings. The lowest BCUT2D eigenvalue weighted by Gasteiger charge is -2.27. The molecule has 0 aliphatic carbocycles. The summed E-state index contributed by atoms with van der Waals surface area (Å²) in [5.74, 6) is 0. The molecule has 2 nitrogen and oxygen atoms in total. The van der Waals surface area contributed by atoms with Crippen LogP contribution in [0, 0.1) is 0 Å². The van der Waals surface area contributed by atoms with E-state index in [1.807, 2.05) is 6.92 Å². The Morgan fingerprint density at radius 2 is 1.35 bits per heavy atom. The van der Waals surface area contributed by atoms with E-state index in [1.165, 1.54) is 44.9 Å². The van der Waals surface area contributed by atoms with Crippen LogP contribution in [-0.4, -0.2) is 21.9 Å². The molecule has 0 aromatic carbocycles. The van der Waals surface area contributed by atoms with Crippen molar-refractivity contribution in [3.8, 4) is 0 Å². The fourth-order valence-corrected chi connectivity index (χ4v) is 2.02. The first-order chi connectivity index (χ1) is 8.04. The van der Waals surface area contributed by atoms with Gasteiger partial charge in [-0.3, -0.25) is 0 Å². The summed E-state index contributed by atoms with van der Waals surface area (Å²) in [4.78, 5) is 0. The molecule has 0 bridgehead atoms. The topological polar surface area (TPSA) is 40.5 Å². The van der Waals surface area contributed by atoms with Gasteiger partial charge in [-0.1, -0.05) is 65.2 Å². The first kappa shape index (κ1) is 16.9. The van der Waals surface area contributed by atoms with Crippen LogP contribution in [0.5, 0.6) is 0 Å². The minimum atomic E-state index is -0.902. The number of aliphatic hydroxyl groups excluding tert-OH is 1. The first-order valence-corrected chi connectivity index (χ1v) is 7.45. The average Bonchev–Trinajstić information content (AvgIpc) is 2.32. The summed E-state index contributed by atoms with van der Waals surface area (Å²) in [6.07, 6.45) is 11.0. The molecule has 0 radical (unpaired) electrons. The third kappa shape index (κ3) is 8.62. The molecule has 0 fully saturated rings. The van der Waals surface area contributed by atoms with Crippen LogP contribution in [0.4, 0.5) is 0 Å². The monoisotopic (exact) mass is 244 g/mol. The van der Waals surface area contributed by atoms with Gasteiger partial charge < -0.3 is 10.2 Å². The van der Waals surface area contributed by atoms with E-state index in [9.17, 15) is 10.2 Å². The van der Waals surface area contributed by atoms with E-state index in [2.05, 4.69) is 6.92 Å². The highest BCUT2D eigenvalue weighted by Gasteiger charge is 2.27. The zero-order valence-corrected chi connectivity index (χ0v) is 12.0. The molecule has 2 atom stereocenters. The summed E-state index contributed by atoms with van der Waals surface area (Å²) in [6.45, 7) is 5.88. The van der Waals surface area contributed by atoms with Crippen LogP contribution >= 0.6 is 0 Å². The van der Waals surface area contributed by atoms with Crippen LogP contribution in [0.3, 0.4) is 0 Å². The van der Waals surface area contributed by atoms with Gasteiger partial charge in [-0.25, -0.2) is 0 Å². The largest absolute Gasteiger partial charge is 0.390 e. The van der Waals surface area contributed by atoms with Crippen molar-refractivity contribution in [2.24, 2.45) is 0 Å². The standard InChI is InChI=1S/C15H32O2/c1-4-6-7-8-9-10-11-12-13-14(16)15(3,17)5-2/h14,16-17H,4-13H2,1-3H3. The fraction of sp³-hybridized carbons (Fsp3) is 1.00. The molecule has 0 spiro atoms. The van der Waals surface area contributed by atoms with E-state index in [4.69, 9.17) is 0 Å². The van der Waals surface area contributed by atoms with Crippen LogP contribution in [0.1, 0.15) is 85.0 Å². The van der Waals surface area contributed by atoms with Crippen molar-refractivity contribution in [3.05, 3.63) is 0 Å². The fourth-order valence-electron chi connectivity index (χ4n) is 2.02. The van der Waals surface area contributed by atoms with E-state index in [0.29, 0.717) is 6.42 Å². The quantitative estimate of drug-likeness (QED) is 0.539. The normalized spacial score (nSPS) is 16.8. The summed E-state index contributed by atoms with van der Waals surface area (Å²) >= 11 is 0. The number of unbranched alkanes of at least 4 members (excludes halogenated alkanes) is 7. The Kier molecular flexibility index (Phi) is 9.85. The maximum Gasteiger partial charge on any atom is 0.0874 e. The van der Waals surface area contributed by atoms with Gasteiger partial charge in [0.05, 0.1) is 11.7 Å². The Morgan fingerprint density at radius 3 is 1.82 bits per heavy atom. The van der Waals surface area contributed by atoms with Crippen LogP contribution < -0.4 is 0 Å². The lowest BCUT2D eigenvalue weighted by atomic mass is 9.92. The van der Waals surface area contributed by atoms with Gasteiger partial charge in [-0.2, -0.15) is 0 Å². The second-order valence-corrected chi connectivity index (χ2v) is 5.49. The molecular formula is C15H32O2. The Hall–Kier alpha value is -0.0800. The second kappa shape index (κ2) is 9.90. The van der Waals surface area contributed by atoms with Gasteiger partial charge in [0.2, 0.25) is 0 Å². The van der Waals surface area contributed by atoms with Gasteiger partial charge in [0.1, 0.15) is 0 Å². The SMILES string of the molecule is CCCCCCCCCCC(O)C(C)(O)CC. The molecule has 0 saturated carbocycles. The molecule has 2 unspecified atom stereocenters. The predicted octanol–water partition coefficient (Wildman–Crippen LogP) is 4.04. The van der Waals surface area contributed by atoms with Gasteiger partial charge in [0, 0.05) is 0 Å². The first-order valence-electron chi connectivity index (χ1n) is 7.45. The van der Waals surface area contributed by atoms with Gasteiger partial charge in [-0.15, -0.1) is 0 Å². The van der Waals surface area contributed by atoms with E-state index in [1.54, 1.807) is 6.92 Å². The smallest absolute Gasteiger partial charge is 0.0874 e. The van der Waals surface area contributed by atoms with Crippen molar-refractivity contribution in [2.45, 2.75) is 96.7 Å². The van der Waals surface area contributed by atoms with Crippen molar-refractivity contribution in [1.82, 2.24) is 0 Å². The number of hydrogen-bond donors (Lipinski definition) is 2. The van der Waals surface area contributed by atoms with Crippen molar-refractivity contribution in [1.29, 1.82) is 0 Å². The Bertz CT molecular complexity index is 166. The average molecular weight is 244 g/mol. The number of hydrogen-bond acceptors (Lipinski definition) is 2. The summed E-state index contributed by atoms with van der Waals surface area (Å²) in [7, 11) is 0. The Labute approximate surface area is 107 Å². The zero-order valence-electron chi connectivity index (χ0n) is 12.0. The maximum absolute atomic E-state index is 9.84. The van der Waals surface area contributed by atoms with Gasteiger partial charge in [0.25, 0.3) is 0 Å². The summed E-state index contributed by atoms with van der Waals surface area (Å²) in [6, 6.07) is 0. The van der Waals surface area contributed by atoms with E-state index in [-0.39, 0.29) is 0 Å². The molecule has 2 N–H and O–H groups in total. The lowest BCUT2D eigenvalue weighted by molar-refractivity contribution is -0.0678. The van der Waals surface area contributed by atoms with Crippen LogP contribution in [0.25, 0.3) is 0 Å². The van der Waals surface area contributed by atoms with E-state index in [0.717, 1.165) is 12.8 Å². The Balaban J connectivity index is 3.34. The number of aliphatic hydroxyl groups is 2. The van der Waals surface area contributed by atoms with Crippen molar-refractivity contribution in [2.75, 3.05) is 0 Å². The second-order valence-electron chi connectivity index (χ2n) is 5.49. The van der Waals surface area contributed by atoms with E-state index >= 15 is 0 Å². The van der Waals surface area contributed by atoms with Gasteiger partial charge in [0.15, 0.2) is 0 Å². The van der Waals surface area contributed by atoms with Crippen molar-refractivity contribution in [3.63, 3.8) is 0 Å². The molecule has 2 heteroatoms. The molecule has 0 aromatic rings. The molecule has 0 amide bonds. The third-order valence-corrected chi connectivity index (χ3v) is 3.76. The molecular weight excluding hydrogens is 212 g/mol. The highest BCUT2D eigenvalue weighted by molar-refractivity contribution is 4.79. The summed E-state index contributed by atoms with van der Waals surface area (Å²) in [5.41, 5.74) is -0.902. The van der Waals surface area contributed by atoms with Gasteiger partial charge >= 0.3 is 0 Å². The molecule has 0 rings (SSSR count). The maximum atomic E-state index is 9.84. The molecule has 104 valence electrons. The van der Waals surface area contributed by atoms with Crippen LogP contribution in [0.2, 0.25) is 0 Å². The minimum absolute atomic E-state index is 0.562. The molecule has 0 saturated heterocycles. The zero-order chi connectivity index (χ0) is 13.1. The van der Waals surface area contributed by atoms with Crippen molar-refractivity contribution >= 4 is 0 Å². The third-order valence-electron chi connectivity index (χ3n) is 3.76. The molecule has 0 aromatic heterocycles. The minimum Gasteiger partial charge on any atom is -0.390 e. The highest BCUT2D eigenvalue weighted by Crippen LogP contribution is 2.19. The molecule has 0 heterocycles. The predicted molar refractivity (Wildman–Crippen MR) is 74.1 cm³/mol. The summed E-state index contributed by atoms with van der Waals surface area (Å²) in [5, 5.41) is 19.6. The van der Waals surface area contributed by atoms with Crippen LogP contribution in [0.15, 0.2) is 0 Å².